The minimum atomic E-state index is -0.201. The lowest BCUT2D eigenvalue weighted by Crippen LogP contribution is -2.09. The first-order valence-electron chi connectivity index (χ1n) is 6.10. The van der Waals surface area contributed by atoms with Crippen LogP contribution < -0.4 is 10.9 Å². The van der Waals surface area contributed by atoms with Gasteiger partial charge in [0, 0.05) is 16.3 Å². The van der Waals surface area contributed by atoms with E-state index >= 15 is 0 Å². The Balaban J connectivity index is 1.86. The highest BCUT2D eigenvalue weighted by Gasteiger charge is 2.03. The van der Waals surface area contributed by atoms with E-state index in [9.17, 15) is 4.79 Å². The van der Waals surface area contributed by atoms with E-state index in [-0.39, 0.29) is 5.56 Å². The van der Waals surface area contributed by atoms with E-state index in [4.69, 9.17) is 11.6 Å². The van der Waals surface area contributed by atoms with Crippen LogP contribution in [-0.2, 0) is 6.54 Å². The Morgan fingerprint density at radius 3 is 2.85 bits per heavy atom. The van der Waals surface area contributed by atoms with Crippen molar-refractivity contribution in [3.05, 3.63) is 69.5 Å². The fraction of sp³-hybridized carbons (Fsp3) is 0.0667. The summed E-state index contributed by atoms with van der Waals surface area (Å²) < 4.78 is 0.932. The average Bonchev–Trinajstić information content (AvgIpc) is 2.45. The van der Waals surface area contributed by atoms with Gasteiger partial charge in [-0.25, -0.2) is 0 Å². The molecular formula is C15H11ClN2OS. The van der Waals surface area contributed by atoms with Gasteiger partial charge in [-0.05, 0) is 29.8 Å². The van der Waals surface area contributed by atoms with Gasteiger partial charge in [-0.2, -0.15) is 4.98 Å². The summed E-state index contributed by atoms with van der Waals surface area (Å²) in [6, 6.07) is 15.1. The van der Waals surface area contributed by atoms with E-state index in [1.54, 1.807) is 6.07 Å². The smallest absolute Gasteiger partial charge is 0.281 e. The summed E-state index contributed by atoms with van der Waals surface area (Å²) in [4.78, 5) is 16.0. The van der Waals surface area contributed by atoms with Gasteiger partial charge in [0.15, 0.2) is 5.13 Å². The maximum absolute atomic E-state index is 11.9. The van der Waals surface area contributed by atoms with Crippen LogP contribution in [0, 0.1) is 0 Å². The summed E-state index contributed by atoms with van der Waals surface area (Å²) in [5.41, 5.74) is 0.847. The van der Waals surface area contributed by atoms with E-state index in [2.05, 4.69) is 10.3 Å². The predicted octanol–water partition coefficient (Wildman–Crippen LogP) is 3.92. The monoisotopic (exact) mass is 302 g/mol. The summed E-state index contributed by atoms with van der Waals surface area (Å²) in [5.74, 6) is 0. The number of hydrogen-bond acceptors (Lipinski definition) is 4. The molecule has 1 aromatic heterocycles. The van der Waals surface area contributed by atoms with Crippen molar-refractivity contribution in [1.82, 2.24) is 4.98 Å². The zero-order chi connectivity index (χ0) is 13.9. The molecule has 3 rings (SSSR count). The lowest BCUT2D eigenvalue weighted by Gasteiger charge is -2.05. The Bertz CT molecular complexity index is 816. The van der Waals surface area contributed by atoms with E-state index < -0.39 is 0 Å². The number of halogens is 1. The minimum absolute atomic E-state index is 0.201. The molecule has 1 heterocycles. The number of anilines is 1. The molecule has 0 fully saturated rings. The third kappa shape index (κ3) is 2.81. The number of aromatic nitrogens is 1. The van der Waals surface area contributed by atoms with Gasteiger partial charge in [-0.1, -0.05) is 47.2 Å². The molecule has 0 saturated heterocycles. The van der Waals surface area contributed by atoms with Crippen molar-refractivity contribution in [3.63, 3.8) is 0 Å². The molecule has 0 radical (unpaired) electrons. The summed E-state index contributed by atoms with van der Waals surface area (Å²) >= 11 is 7.41. The summed E-state index contributed by atoms with van der Waals surface area (Å²) in [6.45, 7) is 0.585. The normalized spacial score (nSPS) is 10.7. The standard InChI is InChI=1S/C15H11ClN2OS/c16-11-5-3-4-10(8-11)9-17-15-18-14(19)12-6-1-2-7-13(12)20-15/h1-8H,9H2,(H,17,18,19). The molecule has 0 aliphatic rings. The largest absolute Gasteiger partial charge is 0.357 e. The van der Waals surface area contributed by atoms with Crippen LogP contribution in [0.4, 0.5) is 5.13 Å². The third-order valence-corrected chi connectivity index (χ3v) is 4.10. The van der Waals surface area contributed by atoms with Crippen LogP contribution in [0.1, 0.15) is 5.56 Å². The Labute approximate surface area is 124 Å². The number of rotatable bonds is 3. The van der Waals surface area contributed by atoms with Crippen LogP contribution in [0.25, 0.3) is 10.1 Å². The van der Waals surface area contributed by atoms with Crippen LogP contribution in [0.15, 0.2) is 53.3 Å². The van der Waals surface area contributed by atoms with Crippen molar-refractivity contribution < 1.29 is 0 Å². The van der Waals surface area contributed by atoms with Gasteiger partial charge < -0.3 is 5.32 Å². The molecule has 0 spiro atoms. The van der Waals surface area contributed by atoms with Crippen LogP contribution in [0.5, 0.6) is 0 Å². The molecule has 1 N–H and O–H groups in total. The fourth-order valence-corrected chi connectivity index (χ4v) is 3.02. The van der Waals surface area contributed by atoms with Gasteiger partial charge in [-0.15, -0.1) is 0 Å². The second kappa shape index (κ2) is 5.61. The lowest BCUT2D eigenvalue weighted by molar-refractivity contribution is 1.12. The Morgan fingerprint density at radius 1 is 1.15 bits per heavy atom. The number of hydrogen-bond donors (Lipinski definition) is 1. The van der Waals surface area contributed by atoms with Gasteiger partial charge in [0.05, 0.1) is 5.39 Å². The second-order valence-corrected chi connectivity index (χ2v) is 5.77. The first kappa shape index (κ1) is 13.1. The maximum Gasteiger partial charge on any atom is 0.281 e. The van der Waals surface area contributed by atoms with Crippen molar-refractivity contribution in [3.8, 4) is 0 Å². The molecule has 20 heavy (non-hydrogen) atoms. The Hall–Kier alpha value is -1.91. The van der Waals surface area contributed by atoms with E-state index in [0.29, 0.717) is 22.1 Å². The summed E-state index contributed by atoms with van der Waals surface area (Å²) in [5, 5.41) is 5.15. The first-order chi connectivity index (χ1) is 9.72. The molecular weight excluding hydrogens is 292 g/mol. The molecule has 0 atom stereocenters. The summed E-state index contributed by atoms with van der Waals surface area (Å²) in [7, 11) is 0. The Morgan fingerprint density at radius 2 is 2.00 bits per heavy atom. The molecule has 0 unspecified atom stereocenters. The van der Waals surface area contributed by atoms with E-state index in [1.807, 2.05) is 42.5 Å². The number of benzene rings is 2. The van der Waals surface area contributed by atoms with Crippen molar-refractivity contribution in [2.75, 3.05) is 5.32 Å². The van der Waals surface area contributed by atoms with Gasteiger partial charge in [0.2, 0.25) is 0 Å². The van der Waals surface area contributed by atoms with E-state index in [0.717, 1.165) is 10.3 Å². The molecule has 0 aliphatic heterocycles. The average molecular weight is 303 g/mol. The Kier molecular flexibility index (Phi) is 3.67. The molecule has 0 aliphatic carbocycles. The van der Waals surface area contributed by atoms with Crippen molar-refractivity contribution in [1.29, 1.82) is 0 Å². The lowest BCUT2D eigenvalue weighted by atomic mass is 10.2. The summed E-state index contributed by atoms with van der Waals surface area (Å²) in [6.07, 6.45) is 0. The molecule has 100 valence electrons. The van der Waals surface area contributed by atoms with Crippen LogP contribution in [0.2, 0.25) is 5.02 Å². The van der Waals surface area contributed by atoms with Crippen LogP contribution in [0.3, 0.4) is 0 Å². The minimum Gasteiger partial charge on any atom is -0.357 e. The third-order valence-electron chi connectivity index (χ3n) is 2.86. The molecule has 3 aromatic rings. The maximum atomic E-state index is 11.9. The first-order valence-corrected chi connectivity index (χ1v) is 7.30. The highest BCUT2D eigenvalue weighted by atomic mass is 35.5. The van der Waals surface area contributed by atoms with Gasteiger partial charge in [-0.3, -0.25) is 4.79 Å². The highest BCUT2D eigenvalue weighted by Crippen LogP contribution is 2.21. The molecule has 3 nitrogen and oxygen atoms in total. The van der Waals surface area contributed by atoms with Crippen LogP contribution >= 0.6 is 22.9 Å². The zero-order valence-electron chi connectivity index (χ0n) is 10.5. The van der Waals surface area contributed by atoms with Gasteiger partial charge in [0.1, 0.15) is 0 Å². The molecule has 2 aromatic carbocycles. The second-order valence-electron chi connectivity index (χ2n) is 4.30. The molecule has 0 amide bonds. The fourth-order valence-electron chi connectivity index (χ4n) is 1.91. The predicted molar refractivity (Wildman–Crippen MR) is 84.7 cm³/mol. The molecule has 5 heteroatoms. The van der Waals surface area contributed by atoms with Crippen molar-refractivity contribution >= 4 is 38.2 Å². The topological polar surface area (TPSA) is 42.0 Å². The van der Waals surface area contributed by atoms with E-state index in [1.165, 1.54) is 11.3 Å². The molecule has 0 saturated carbocycles. The van der Waals surface area contributed by atoms with Crippen molar-refractivity contribution in [2.45, 2.75) is 6.54 Å². The zero-order valence-corrected chi connectivity index (χ0v) is 12.0. The van der Waals surface area contributed by atoms with Crippen LogP contribution in [-0.4, -0.2) is 4.98 Å². The van der Waals surface area contributed by atoms with Gasteiger partial charge in [0.25, 0.3) is 5.56 Å². The number of nitrogens with zero attached hydrogens (tertiary/aromatic N) is 1. The number of nitrogens with one attached hydrogen (secondary N) is 1. The molecule has 0 bridgehead atoms. The quantitative estimate of drug-likeness (QED) is 0.797. The number of fused-ring (bicyclic) bond motifs is 1. The SMILES string of the molecule is O=c1nc(NCc2cccc(Cl)c2)sc2ccccc12. The van der Waals surface area contributed by atoms with Crippen molar-refractivity contribution in [2.24, 2.45) is 0 Å². The highest BCUT2D eigenvalue weighted by molar-refractivity contribution is 7.21. The van der Waals surface area contributed by atoms with Gasteiger partial charge >= 0.3 is 0 Å².